The molecule has 2 rings (SSSR count). The molecule has 1 aliphatic heterocycles. The van der Waals surface area contributed by atoms with Gasteiger partial charge in [-0.15, -0.1) is 13.2 Å². The van der Waals surface area contributed by atoms with Gasteiger partial charge in [-0.3, -0.25) is 0 Å². The molecule has 1 aromatic carbocycles. The van der Waals surface area contributed by atoms with Gasteiger partial charge in [0.05, 0.1) is 0 Å². The van der Waals surface area contributed by atoms with Gasteiger partial charge < -0.3 is 4.74 Å². The van der Waals surface area contributed by atoms with E-state index in [4.69, 9.17) is 0 Å². The van der Waals surface area contributed by atoms with Crippen molar-refractivity contribution in [2.24, 2.45) is 0 Å². The van der Waals surface area contributed by atoms with Gasteiger partial charge in [0.1, 0.15) is 5.75 Å². The van der Waals surface area contributed by atoms with E-state index in [9.17, 15) is 21.6 Å². The summed E-state index contributed by atoms with van der Waals surface area (Å²) in [6, 6.07) is 5.54. The smallest absolute Gasteiger partial charge is 0.405 e. The van der Waals surface area contributed by atoms with E-state index >= 15 is 0 Å². The van der Waals surface area contributed by atoms with E-state index in [-0.39, 0.29) is 17.9 Å². The van der Waals surface area contributed by atoms with Crippen LogP contribution in [0.25, 0.3) is 0 Å². The number of alkyl halides is 3. The molecule has 1 aromatic rings. The Morgan fingerprint density at radius 2 is 1.78 bits per heavy atom. The highest BCUT2D eigenvalue weighted by molar-refractivity contribution is 7.86. The van der Waals surface area contributed by atoms with E-state index in [1.807, 2.05) is 0 Å². The predicted molar refractivity (Wildman–Crippen MR) is 78.9 cm³/mol. The van der Waals surface area contributed by atoms with Gasteiger partial charge in [0.2, 0.25) is 0 Å². The summed E-state index contributed by atoms with van der Waals surface area (Å²) in [5, 5.41) is 0. The van der Waals surface area contributed by atoms with Gasteiger partial charge in [-0.05, 0) is 18.9 Å². The van der Waals surface area contributed by atoms with Crippen LogP contribution in [0.4, 0.5) is 13.2 Å². The maximum Gasteiger partial charge on any atom is 0.573 e. The number of halogens is 3. The summed E-state index contributed by atoms with van der Waals surface area (Å²) in [7, 11) is -2.34. The monoisotopic (exact) mass is 352 g/mol. The van der Waals surface area contributed by atoms with Gasteiger partial charge >= 0.3 is 6.36 Å². The fourth-order valence-corrected chi connectivity index (χ4v) is 3.89. The van der Waals surface area contributed by atoms with Gasteiger partial charge in [0.15, 0.2) is 0 Å². The Balaban J connectivity index is 2.15. The Kier molecular flexibility index (Phi) is 5.53. The molecule has 1 aliphatic rings. The van der Waals surface area contributed by atoms with Crippen molar-refractivity contribution < 1.29 is 26.3 Å². The van der Waals surface area contributed by atoms with Gasteiger partial charge in [-0.1, -0.05) is 24.6 Å². The van der Waals surface area contributed by atoms with Gasteiger partial charge in [-0.2, -0.15) is 17.0 Å². The molecule has 0 bridgehead atoms. The van der Waals surface area contributed by atoms with E-state index in [1.165, 1.54) is 29.6 Å². The standard InChI is InChI=1S/C14H19F3N2O3S/c1-18(23(20,21)19-9-5-2-6-10-19)11-12-7-3-4-8-13(12)22-14(15,16)17/h3-4,7-8H,2,5-6,9-11H2,1H3. The predicted octanol–water partition coefficient (Wildman–Crippen LogP) is 2.75. The number of hydrogen-bond acceptors (Lipinski definition) is 3. The molecule has 0 amide bonds. The lowest BCUT2D eigenvalue weighted by atomic mass is 10.2. The topological polar surface area (TPSA) is 49.9 Å². The molecule has 0 radical (unpaired) electrons. The second-order valence-electron chi connectivity index (χ2n) is 5.38. The Bertz CT molecular complexity index is 628. The highest BCUT2D eigenvalue weighted by atomic mass is 32.2. The third-order valence-electron chi connectivity index (χ3n) is 3.63. The molecule has 0 spiro atoms. The first-order chi connectivity index (χ1) is 10.7. The summed E-state index contributed by atoms with van der Waals surface area (Å²) in [6.07, 6.45) is -2.25. The molecule has 0 unspecified atom stereocenters. The number of nitrogens with zero attached hydrogens (tertiary/aromatic N) is 2. The minimum absolute atomic E-state index is 0.160. The van der Waals surface area contributed by atoms with E-state index in [2.05, 4.69) is 4.74 Å². The number of benzene rings is 1. The van der Waals surface area contributed by atoms with E-state index < -0.39 is 16.6 Å². The van der Waals surface area contributed by atoms with Crippen LogP contribution in [0.5, 0.6) is 5.75 Å². The third-order valence-corrected chi connectivity index (χ3v) is 5.56. The normalized spacial score (nSPS) is 17.4. The number of hydrogen-bond donors (Lipinski definition) is 0. The van der Waals surface area contributed by atoms with Crippen LogP contribution in [0, 0.1) is 0 Å². The van der Waals surface area contributed by atoms with Crippen LogP contribution in [0.1, 0.15) is 24.8 Å². The van der Waals surface area contributed by atoms with Crippen LogP contribution in [0.15, 0.2) is 24.3 Å². The first-order valence-electron chi connectivity index (χ1n) is 7.25. The minimum atomic E-state index is -4.82. The van der Waals surface area contributed by atoms with E-state index in [1.54, 1.807) is 6.07 Å². The first-order valence-corrected chi connectivity index (χ1v) is 8.65. The van der Waals surface area contributed by atoms with Gasteiger partial charge in [0, 0.05) is 32.2 Å². The van der Waals surface area contributed by atoms with Crippen molar-refractivity contribution in [1.82, 2.24) is 8.61 Å². The SMILES string of the molecule is CN(Cc1ccccc1OC(F)(F)F)S(=O)(=O)N1CCCCC1. The summed E-state index contributed by atoms with van der Waals surface area (Å²) in [5.41, 5.74) is 0.160. The van der Waals surface area contributed by atoms with Crippen molar-refractivity contribution in [2.75, 3.05) is 20.1 Å². The molecule has 0 N–H and O–H groups in total. The molecular weight excluding hydrogens is 333 g/mol. The zero-order valence-electron chi connectivity index (χ0n) is 12.7. The lowest BCUT2D eigenvalue weighted by Crippen LogP contribution is -2.44. The van der Waals surface area contributed by atoms with Crippen LogP contribution in [0.2, 0.25) is 0 Å². The molecular formula is C14H19F3N2O3S. The van der Waals surface area contributed by atoms with Crippen molar-refractivity contribution in [2.45, 2.75) is 32.2 Å². The van der Waals surface area contributed by atoms with Crippen LogP contribution in [-0.2, 0) is 16.8 Å². The average molecular weight is 352 g/mol. The molecule has 9 heteroatoms. The largest absolute Gasteiger partial charge is 0.573 e. The van der Waals surface area contributed by atoms with E-state index in [0.29, 0.717) is 13.1 Å². The first kappa shape index (κ1) is 18.0. The number of rotatable bonds is 5. The maximum atomic E-state index is 12.5. The maximum absolute atomic E-state index is 12.5. The van der Waals surface area contributed by atoms with Crippen LogP contribution in [0.3, 0.4) is 0 Å². The van der Waals surface area contributed by atoms with Crippen molar-refractivity contribution in [3.05, 3.63) is 29.8 Å². The fourth-order valence-electron chi connectivity index (χ4n) is 2.47. The van der Waals surface area contributed by atoms with Gasteiger partial charge in [0.25, 0.3) is 10.2 Å². The summed E-state index contributed by atoms with van der Waals surface area (Å²) in [6.45, 7) is 0.686. The zero-order chi connectivity index (χ0) is 17.1. The molecule has 0 aromatic heterocycles. The summed E-state index contributed by atoms with van der Waals surface area (Å²) >= 11 is 0. The Morgan fingerprint density at radius 1 is 1.17 bits per heavy atom. The Labute approximate surface area is 133 Å². The number of ether oxygens (including phenoxy) is 1. The molecule has 23 heavy (non-hydrogen) atoms. The van der Waals surface area contributed by atoms with Crippen molar-refractivity contribution in [3.8, 4) is 5.75 Å². The van der Waals surface area contributed by atoms with Gasteiger partial charge in [-0.25, -0.2) is 0 Å². The Hall–Kier alpha value is -1.32. The minimum Gasteiger partial charge on any atom is -0.405 e. The lowest BCUT2D eigenvalue weighted by molar-refractivity contribution is -0.274. The molecule has 0 atom stereocenters. The zero-order valence-corrected chi connectivity index (χ0v) is 13.5. The Morgan fingerprint density at radius 3 is 2.39 bits per heavy atom. The van der Waals surface area contributed by atoms with Crippen LogP contribution >= 0.6 is 0 Å². The quantitative estimate of drug-likeness (QED) is 0.819. The second kappa shape index (κ2) is 7.06. The molecule has 0 aliphatic carbocycles. The molecule has 1 fully saturated rings. The summed E-state index contributed by atoms with van der Waals surface area (Å²) in [4.78, 5) is 0. The second-order valence-corrected chi connectivity index (χ2v) is 7.41. The highest BCUT2D eigenvalue weighted by Crippen LogP contribution is 2.28. The molecule has 5 nitrogen and oxygen atoms in total. The molecule has 0 saturated carbocycles. The lowest BCUT2D eigenvalue weighted by Gasteiger charge is -2.30. The van der Waals surface area contributed by atoms with E-state index in [0.717, 1.165) is 23.6 Å². The molecule has 1 heterocycles. The molecule has 1 saturated heterocycles. The van der Waals surface area contributed by atoms with Crippen molar-refractivity contribution in [1.29, 1.82) is 0 Å². The van der Waals surface area contributed by atoms with Crippen LogP contribution < -0.4 is 4.74 Å². The summed E-state index contributed by atoms with van der Waals surface area (Å²) in [5.74, 6) is -0.388. The van der Waals surface area contributed by atoms with Crippen molar-refractivity contribution in [3.63, 3.8) is 0 Å². The fraction of sp³-hybridized carbons (Fsp3) is 0.571. The highest BCUT2D eigenvalue weighted by Gasteiger charge is 2.33. The van der Waals surface area contributed by atoms with Crippen LogP contribution in [-0.4, -0.2) is 43.5 Å². The number of piperidine rings is 1. The van der Waals surface area contributed by atoms with Crippen molar-refractivity contribution >= 4 is 10.2 Å². The third kappa shape index (κ3) is 4.82. The average Bonchev–Trinajstić information content (AvgIpc) is 2.48. The molecule has 130 valence electrons. The summed E-state index contributed by atoms with van der Waals surface area (Å²) < 4.78 is 68.6. The number of para-hydroxylation sites is 1.